The second-order valence-corrected chi connectivity index (χ2v) is 4.11. The minimum atomic E-state index is -1.85. The van der Waals surface area contributed by atoms with E-state index in [2.05, 4.69) is 0 Å². The third-order valence-corrected chi connectivity index (χ3v) is 2.96. The number of alkyl halides is 1. The van der Waals surface area contributed by atoms with Gasteiger partial charge in [-0.1, -0.05) is 6.07 Å². The lowest BCUT2D eigenvalue weighted by molar-refractivity contribution is 0.0393. The van der Waals surface area contributed by atoms with Crippen molar-refractivity contribution >= 4 is 6.09 Å². The number of nitrogens with zero attached hydrogens (tertiary/aromatic N) is 1. The zero-order valence-corrected chi connectivity index (χ0v) is 9.04. The van der Waals surface area contributed by atoms with Crippen LogP contribution in [-0.4, -0.2) is 29.2 Å². The molecule has 1 aliphatic rings. The fraction of sp³-hybridized carbons (Fsp3) is 0.364. The third kappa shape index (κ3) is 2.00. The first-order valence-corrected chi connectivity index (χ1v) is 5.17. The van der Waals surface area contributed by atoms with Crippen LogP contribution in [0.4, 0.5) is 22.4 Å². The predicted molar refractivity (Wildman–Crippen MR) is 53.3 cm³/mol. The van der Waals surface area contributed by atoms with E-state index >= 15 is 0 Å². The van der Waals surface area contributed by atoms with Gasteiger partial charge < -0.3 is 10.0 Å². The summed E-state index contributed by atoms with van der Waals surface area (Å²) in [5, 5.41) is 8.56. The van der Waals surface area contributed by atoms with E-state index in [1.807, 2.05) is 0 Å². The maximum Gasteiger partial charge on any atom is 0.407 e. The topological polar surface area (TPSA) is 40.5 Å². The molecule has 1 amide bonds. The summed E-state index contributed by atoms with van der Waals surface area (Å²) in [6.07, 6.45) is -3.04. The molecule has 0 aromatic heterocycles. The van der Waals surface area contributed by atoms with Crippen molar-refractivity contribution in [1.29, 1.82) is 0 Å². The molecule has 1 fully saturated rings. The van der Waals surface area contributed by atoms with Gasteiger partial charge in [-0.3, -0.25) is 0 Å². The van der Waals surface area contributed by atoms with Gasteiger partial charge in [0.25, 0.3) is 0 Å². The Labute approximate surface area is 99.6 Å². The van der Waals surface area contributed by atoms with E-state index in [0.29, 0.717) is 6.07 Å². The largest absolute Gasteiger partial charge is 0.465 e. The maximum absolute atomic E-state index is 13.8. The summed E-state index contributed by atoms with van der Waals surface area (Å²) in [5.74, 6) is -5.40. The number of hydrogen-bond acceptors (Lipinski definition) is 1. The van der Waals surface area contributed by atoms with Gasteiger partial charge in [0.15, 0.2) is 17.5 Å². The molecule has 1 unspecified atom stereocenters. The molecule has 1 aromatic rings. The van der Waals surface area contributed by atoms with Crippen LogP contribution < -0.4 is 0 Å². The molecule has 0 radical (unpaired) electrons. The Hall–Kier alpha value is -1.79. The van der Waals surface area contributed by atoms with Gasteiger partial charge in [0, 0.05) is 24.6 Å². The summed E-state index contributed by atoms with van der Waals surface area (Å²) in [6, 6.07) is 1.48. The number of hydrogen-bond donors (Lipinski definition) is 1. The molecule has 1 aromatic carbocycles. The van der Waals surface area contributed by atoms with Crippen molar-refractivity contribution in [2.75, 3.05) is 13.1 Å². The summed E-state index contributed by atoms with van der Waals surface area (Å²) in [5.41, 5.74) is -0.580. The summed E-state index contributed by atoms with van der Waals surface area (Å²) >= 11 is 0. The minimum absolute atomic E-state index is 0.0884. The fourth-order valence-electron chi connectivity index (χ4n) is 1.86. The maximum atomic E-state index is 13.8. The van der Waals surface area contributed by atoms with Crippen molar-refractivity contribution in [2.24, 2.45) is 5.92 Å². The van der Waals surface area contributed by atoms with Crippen molar-refractivity contribution in [3.63, 3.8) is 0 Å². The second kappa shape index (κ2) is 4.47. The van der Waals surface area contributed by atoms with Gasteiger partial charge in [0.05, 0.1) is 0 Å². The molecule has 18 heavy (non-hydrogen) atoms. The number of carbonyl (C=O) groups is 1. The van der Waals surface area contributed by atoms with Gasteiger partial charge in [-0.25, -0.2) is 22.4 Å². The lowest BCUT2D eigenvalue weighted by atomic mass is 9.90. The molecule has 0 aliphatic carbocycles. The van der Waals surface area contributed by atoms with Crippen LogP contribution in [0.5, 0.6) is 0 Å². The fourth-order valence-corrected chi connectivity index (χ4v) is 1.86. The summed E-state index contributed by atoms with van der Waals surface area (Å²) in [4.78, 5) is 11.4. The smallest absolute Gasteiger partial charge is 0.407 e. The molecular weight excluding hydrogens is 254 g/mol. The van der Waals surface area contributed by atoms with Crippen LogP contribution in [0.2, 0.25) is 0 Å². The van der Waals surface area contributed by atoms with Gasteiger partial charge in [-0.15, -0.1) is 0 Å². The molecule has 0 saturated carbocycles. The van der Waals surface area contributed by atoms with Gasteiger partial charge >= 0.3 is 6.09 Å². The van der Waals surface area contributed by atoms with Crippen LogP contribution >= 0.6 is 0 Å². The van der Waals surface area contributed by atoms with E-state index in [1.54, 1.807) is 0 Å². The normalized spacial score (nSPS) is 17.4. The first-order chi connectivity index (χ1) is 8.41. The first-order valence-electron chi connectivity index (χ1n) is 5.17. The number of benzene rings is 1. The first kappa shape index (κ1) is 12.7. The number of carboxylic acid groups (broad SMARTS) is 1. The van der Waals surface area contributed by atoms with Crippen molar-refractivity contribution in [3.05, 3.63) is 35.1 Å². The molecule has 1 aliphatic heterocycles. The lowest BCUT2D eigenvalue weighted by Crippen LogP contribution is -2.51. The van der Waals surface area contributed by atoms with Crippen LogP contribution in [0.15, 0.2) is 12.1 Å². The van der Waals surface area contributed by atoms with E-state index in [4.69, 9.17) is 5.11 Å². The molecular formula is C11H9F4NO2. The molecule has 1 atom stereocenters. The molecule has 0 spiro atoms. The summed E-state index contributed by atoms with van der Waals surface area (Å²) < 4.78 is 52.7. The molecule has 7 heteroatoms. The Morgan fingerprint density at radius 2 is 1.89 bits per heavy atom. The van der Waals surface area contributed by atoms with Crippen molar-refractivity contribution in [2.45, 2.75) is 6.17 Å². The minimum Gasteiger partial charge on any atom is -0.465 e. The second-order valence-electron chi connectivity index (χ2n) is 4.11. The number of amides is 1. The van der Waals surface area contributed by atoms with E-state index in [1.165, 1.54) is 0 Å². The number of rotatable bonds is 2. The summed E-state index contributed by atoms with van der Waals surface area (Å²) in [6.45, 7) is -0.177. The van der Waals surface area contributed by atoms with Gasteiger partial charge in [-0.2, -0.15) is 0 Å². The van der Waals surface area contributed by atoms with Gasteiger partial charge in [-0.05, 0) is 6.07 Å². The molecule has 3 nitrogen and oxygen atoms in total. The van der Waals surface area contributed by atoms with Crippen molar-refractivity contribution in [3.8, 4) is 0 Å². The monoisotopic (exact) mass is 263 g/mol. The number of likely N-dealkylation sites (tertiary alicyclic amines) is 1. The summed E-state index contributed by atoms with van der Waals surface area (Å²) in [7, 11) is 0. The average molecular weight is 263 g/mol. The van der Waals surface area contributed by atoms with Crippen LogP contribution in [0.25, 0.3) is 0 Å². The van der Waals surface area contributed by atoms with E-state index in [-0.39, 0.29) is 13.1 Å². The van der Waals surface area contributed by atoms with E-state index in [9.17, 15) is 22.4 Å². The Balaban J connectivity index is 2.14. The van der Waals surface area contributed by atoms with Crippen molar-refractivity contribution in [1.82, 2.24) is 4.90 Å². The highest BCUT2D eigenvalue weighted by atomic mass is 19.2. The average Bonchev–Trinajstić information content (AvgIpc) is 2.23. The highest BCUT2D eigenvalue weighted by Gasteiger charge is 2.38. The molecule has 0 bridgehead atoms. The van der Waals surface area contributed by atoms with E-state index < -0.39 is 41.2 Å². The molecule has 1 heterocycles. The third-order valence-electron chi connectivity index (χ3n) is 2.96. The highest BCUT2D eigenvalue weighted by molar-refractivity contribution is 5.66. The molecule has 98 valence electrons. The Bertz CT molecular complexity index is 488. The standard InChI is InChI=1S/C11H9F4NO2/c12-7-2-1-6(9(14)10(7)15)8(13)5-3-16(4-5)11(17)18/h1-2,5,8H,3-4H2,(H,17,18). The lowest BCUT2D eigenvalue weighted by Gasteiger charge is -2.38. The molecule has 1 N–H and O–H groups in total. The van der Waals surface area contributed by atoms with Crippen LogP contribution in [0, 0.1) is 23.4 Å². The Morgan fingerprint density at radius 1 is 1.28 bits per heavy atom. The van der Waals surface area contributed by atoms with Crippen LogP contribution in [0.3, 0.4) is 0 Å². The van der Waals surface area contributed by atoms with Crippen molar-refractivity contribution < 1.29 is 27.5 Å². The van der Waals surface area contributed by atoms with E-state index in [0.717, 1.165) is 11.0 Å². The van der Waals surface area contributed by atoms with Gasteiger partial charge in [0.2, 0.25) is 0 Å². The predicted octanol–water partition coefficient (Wildman–Crippen LogP) is 2.72. The molecule has 2 rings (SSSR count). The Kier molecular flexibility index (Phi) is 3.14. The van der Waals surface area contributed by atoms with Gasteiger partial charge in [0.1, 0.15) is 6.17 Å². The quantitative estimate of drug-likeness (QED) is 0.658. The number of halogens is 4. The van der Waals surface area contributed by atoms with Crippen LogP contribution in [0.1, 0.15) is 11.7 Å². The zero-order chi connectivity index (χ0) is 13.4. The van der Waals surface area contributed by atoms with Crippen LogP contribution in [-0.2, 0) is 0 Å². The highest BCUT2D eigenvalue weighted by Crippen LogP contribution is 2.35. The Morgan fingerprint density at radius 3 is 2.44 bits per heavy atom. The zero-order valence-electron chi connectivity index (χ0n) is 9.04. The molecule has 1 saturated heterocycles. The SMILES string of the molecule is O=C(O)N1CC(C(F)c2ccc(F)c(F)c2F)C1.